The Hall–Kier alpha value is -1.14. The van der Waals surface area contributed by atoms with Crippen molar-refractivity contribution in [1.29, 1.82) is 0 Å². The Morgan fingerprint density at radius 1 is 1.11 bits per heavy atom. The van der Waals surface area contributed by atoms with Crippen LogP contribution >= 0.6 is 0 Å². The Labute approximate surface area is 115 Å². The summed E-state index contributed by atoms with van der Waals surface area (Å²) in [6.45, 7) is 5.17. The highest BCUT2D eigenvalue weighted by molar-refractivity contribution is 5.70. The molecular formula is C13H26N2O4. The molecule has 0 radical (unpaired) electrons. The zero-order valence-corrected chi connectivity index (χ0v) is 12.2. The van der Waals surface area contributed by atoms with Gasteiger partial charge in [-0.1, -0.05) is 0 Å². The van der Waals surface area contributed by atoms with Crippen LogP contribution in [0, 0.1) is 0 Å². The Morgan fingerprint density at radius 2 is 1.74 bits per heavy atom. The third-order valence-corrected chi connectivity index (χ3v) is 2.70. The van der Waals surface area contributed by atoms with Crippen molar-refractivity contribution in [1.82, 2.24) is 10.2 Å². The minimum atomic E-state index is -0.227. The Morgan fingerprint density at radius 3 is 2.26 bits per heavy atom. The molecule has 19 heavy (non-hydrogen) atoms. The van der Waals surface area contributed by atoms with Crippen molar-refractivity contribution in [3.63, 3.8) is 0 Å². The molecule has 0 amide bonds. The lowest BCUT2D eigenvalue weighted by Crippen LogP contribution is -2.31. The number of rotatable bonds is 11. The largest absolute Gasteiger partial charge is 0.469 e. The summed E-state index contributed by atoms with van der Waals surface area (Å²) < 4.78 is 9.52. The number of carbonyl (C=O) groups excluding carboxylic acids is 2. The molecule has 0 aromatic heterocycles. The molecule has 6 heteroatoms. The molecule has 0 heterocycles. The van der Waals surface area contributed by atoms with E-state index < -0.39 is 0 Å². The van der Waals surface area contributed by atoms with Gasteiger partial charge in [-0.3, -0.25) is 9.59 Å². The van der Waals surface area contributed by atoms with Crippen LogP contribution in [0.5, 0.6) is 0 Å². The molecule has 0 aliphatic rings. The van der Waals surface area contributed by atoms with Gasteiger partial charge >= 0.3 is 11.9 Å². The molecule has 0 saturated carbocycles. The summed E-state index contributed by atoms with van der Waals surface area (Å²) in [4.78, 5) is 24.5. The van der Waals surface area contributed by atoms with Crippen LogP contribution in [-0.4, -0.2) is 63.8 Å². The van der Waals surface area contributed by atoms with Gasteiger partial charge in [-0.05, 0) is 33.5 Å². The second-order valence-corrected chi connectivity index (χ2v) is 4.18. The predicted molar refractivity (Wildman–Crippen MR) is 72.9 cm³/mol. The van der Waals surface area contributed by atoms with Crippen molar-refractivity contribution < 1.29 is 19.1 Å². The molecule has 112 valence electrons. The first kappa shape index (κ1) is 17.9. The fourth-order valence-electron chi connectivity index (χ4n) is 1.65. The van der Waals surface area contributed by atoms with Gasteiger partial charge < -0.3 is 19.7 Å². The minimum Gasteiger partial charge on any atom is -0.469 e. The Kier molecular flexibility index (Phi) is 11.2. The highest BCUT2D eigenvalue weighted by Crippen LogP contribution is 1.99. The molecule has 0 aliphatic heterocycles. The maximum Gasteiger partial charge on any atom is 0.307 e. The van der Waals surface area contributed by atoms with Crippen LogP contribution < -0.4 is 5.32 Å². The summed E-state index contributed by atoms with van der Waals surface area (Å²) in [5.41, 5.74) is 0. The fourth-order valence-corrected chi connectivity index (χ4v) is 1.65. The lowest BCUT2D eigenvalue weighted by atomic mass is 10.3. The van der Waals surface area contributed by atoms with Crippen molar-refractivity contribution in [2.24, 2.45) is 0 Å². The van der Waals surface area contributed by atoms with E-state index in [-0.39, 0.29) is 11.9 Å². The molecule has 0 bridgehead atoms. The van der Waals surface area contributed by atoms with Gasteiger partial charge in [-0.15, -0.1) is 0 Å². The summed E-state index contributed by atoms with van der Waals surface area (Å²) >= 11 is 0. The van der Waals surface area contributed by atoms with Crippen LogP contribution in [0.15, 0.2) is 0 Å². The predicted octanol–water partition coefficient (Wildman–Crippen LogP) is 0.414. The maximum atomic E-state index is 11.3. The molecule has 0 aliphatic carbocycles. The molecule has 6 nitrogen and oxygen atoms in total. The van der Waals surface area contributed by atoms with Gasteiger partial charge in [0.2, 0.25) is 0 Å². The number of hydrogen-bond acceptors (Lipinski definition) is 6. The summed E-state index contributed by atoms with van der Waals surface area (Å²) in [6, 6.07) is 0. The van der Waals surface area contributed by atoms with Crippen LogP contribution in [0.2, 0.25) is 0 Å². The van der Waals surface area contributed by atoms with Crippen molar-refractivity contribution in [2.75, 3.05) is 46.9 Å². The van der Waals surface area contributed by atoms with Gasteiger partial charge in [0, 0.05) is 13.1 Å². The normalized spacial score (nSPS) is 10.5. The third-order valence-electron chi connectivity index (χ3n) is 2.70. The molecule has 0 aromatic rings. The van der Waals surface area contributed by atoms with Crippen LogP contribution in [0.25, 0.3) is 0 Å². The van der Waals surface area contributed by atoms with E-state index in [2.05, 4.69) is 15.0 Å². The summed E-state index contributed by atoms with van der Waals surface area (Å²) in [6.07, 6.45) is 1.67. The van der Waals surface area contributed by atoms with Gasteiger partial charge in [0.05, 0.1) is 26.6 Å². The van der Waals surface area contributed by atoms with Gasteiger partial charge in [0.15, 0.2) is 0 Å². The van der Waals surface area contributed by atoms with Gasteiger partial charge in [-0.25, -0.2) is 0 Å². The van der Waals surface area contributed by atoms with Gasteiger partial charge in [-0.2, -0.15) is 0 Å². The van der Waals surface area contributed by atoms with Crippen LogP contribution in [0.4, 0.5) is 0 Å². The summed E-state index contributed by atoms with van der Waals surface area (Å²) in [7, 11) is 3.28. The van der Waals surface area contributed by atoms with Crippen LogP contribution in [-0.2, 0) is 19.1 Å². The third kappa shape index (κ3) is 10.5. The van der Waals surface area contributed by atoms with Crippen molar-refractivity contribution in [3.8, 4) is 0 Å². The van der Waals surface area contributed by atoms with Crippen LogP contribution in [0.3, 0.4) is 0 Å². The van der Waals surface area contributed by atoms with E-state index >= 15 is 0 Å². The minimum absolute atomic E-state index is 0.195. The number of hydrogen-bond donors (Lipinski definition) is 1. The number of nitrogens with one attached hydrogen (secondary N) is 1. The first-order valence-electron chi connectivity index (χ1n) is 6.73. The number of esters is 2. The topological polar surface area (TPSA) is 67.9 Å². The molecule has 0 saturated heterocycles. The zero-order chi connectivity index (χ0) is 14.5. The summed E-state index contributed by atoms with van der Waals surface area (Å²) in [5, 5.41) is 3.07. The monoisotopic (exact) mass is 274 g/mol. The van der Waals surface area contributed by atoms with Crippen molar-refractivity contribution >= 4 is 11.9 Å². The average Bonchev–Trinajstić information content (AvgIpc) is 2.41. The molecule has 1 N–H and O–H groups in total. The number of ether oxygens (including phenoxy) is 2. The smallest absolute Gasteiger partial charge is 0.307 e. The standard InChI is InChI=1S/C13H26N2O4/c1-4-19-13(17)7-11-15(9-5-8-14-2)10-6-12(16)18-3/h14H,4-11H2,1-3H3. The number of nitrogens with zero attached hydrogens (tertiary/aromatic N) is 1. The fraction of sp³-hybridized carbons (Fsp3) is 0.846. The average molecular weight is 274 g/mol. The van der Waals surface area contributed by atoms with E-state index in [4.69, 9.17) is 4.74 Å². The van der Waals surface area contributed by atoms with E-state index in [0.29, 0.717) is 32.5 Å². The Balaban J connectivity index is 4.01. The van der Waals surface area contributed by atoms with E-state index in [1.165, 1.54) is 7.11 Å². The summed E-state index contributed by atoms with van der Waals surface area (Å²) in [5.74, 6) is -0.422. The van der Waals surface area contributed by atoms with E-state index in [1.54, 1.807) is 6.92 Å². The molecule has 0 unspecified atom stereocenters. The van der Waals surface area contributed by atoms with Crippen LogP contribution in [0.1, 0.15) is 26.2 Å². The first-order chi connectivity index (χ1) is 9.13. The lowest BCUT2D eigenvalue weighted by Gasteiger charge is -2.21. The highest BCUT2D eigenvalue weighted by atomic mass is 16.5. The second kappa shape index (κ2) is 11.9. The van der Waals surface area contributed by atoms with E-state index in [9.17, 15) is 9.59 Å². The second-order valence-electron chi connectivity index (χ2n) is 4.18. The lowest BCUT2D eigenvalue weighted by molar-refractivity contribution is -0.143. The molecule has 0 spiro atoms. The van der Waals surface area contributed by atoms with Crippen molar-refractivity contribution in [3.05, 3.63) is 0 Å². The molecule has 0 rings (SSSR count). The number of methoxy groups -OCH3 is 1. The van der Waals surface area contributed by atoms with Gasteiger partial charge in [0.25, 0.3) is 0 Å². The zero-order valence-electron chi connectivity index (χ0n) is 12.2. The molecular weight excluding hydrogens is 248 g/mol. The quantitative estimate of drug-likeness (QED) is 0.435. The van der Waals surface area contributed by atoms with E-state index in [0.717, 1.165) is 19.5 Å². The SMILES string of the molecule is CCOC(=O)CCN(CCCNC)CCC(=O)OC. The van der Waals surface area contributed by atoms with Gasteiger partial charge in [0.1, 0.15) is 0 Å². The molecule has 0 fully saturated rings. The first-order valence-corrected chi connectivity index (χ1v) is 6.73. The maximum absolute atomic E-state index is 11.3. The molecule has 0 atom stereocenters. The van der Waals surface area contributed by atoms with Crippen molar-refractivity contribution in [2.45, 2.75) is 26.2 Å². The Bertz CT molecular complexity index is 259. The molecule has 0 aromatic carbocycles. The van der Waals surface area contributed by atoms with E-state index in [1.807, 2.05) is 7.05 Å². The number of carbonyl (C=O) groups is 2. The highest BCUT2D eigenvalue weighted by Gasteiger charge is 2.11.